The van der Waals surface area contributed by atoms with Gasteiger partial charge in [0.15, 0.2) is 5.82 Å². The molecule has 2 heterocycles. The molecular weight excluding hydrogens is 382 g/mol. The average molecular weight is 416 g/mol. The van der Waals surface area contributed by atoms with E-state index in [2.05, 4.69) is 38.5 Å². The highest BCUT2D eigenvalue weighted by Gasteiger charge is 2.11. The van der Waals surface area contributed by atoms with Crippen LogP contribution in [0.5, 0.6) is 5.75 Å². The van der Waals surface area contributed by atoms with Gasteiger partial charge in [0.1, 0.15) is 5.75 Å². The van der Waals surface area contributed by atoms with Gasteiger partial charge in [-0.15, -0.1) is 0 Å². The fourth-order valence-corrected chi connectivity index (χ4v) is 3.67. The third-order valence-electron chi connectivity index (χ3n) is 5.22. The minimum absolute atomic E-state index is 0.136. The maximum atomic E-state index is 10.6. The van der Waals surface area contributed by atoms with Gasteiger partial charge in [0, 0.05) is 33.0 Å². The fraction of sp³-hybridized carbons (Fsp3) is 0.591. The molecule has 1 fully saturated rings. The zero-order chi connectivity index (χ0) is 21.2. The SMILES string of the molecule is Cn1nc(CCCC(=O)O)nc1NCCCOc1cccc(CN2CCCCC2)c1. The second-order valence-corrected chi connectivity index (χ2v) is 7.84. The molecule has 0 bridgehead atoms. The number of likely N-dealkylation sites (tertiary alicyclic amines) is 1. The van der Waals surface area contributed by atoms with E-state index in [4.69, 9.17) is 9.84 Å². The van der Waals surface area contributed by atoms with E-state index in [-0.39, 0.29) is 6.42 Å². The molecule has 1 aromatic heterocycles. The van der Waals surface area contributed by atoms with Crippen LogP contribution in [0.3, 0.4) is 0 Å². The highest BCUT2D eigenvalue weighted by molar-refractivity contribution is 5.66. The molecule has 1 aliphatic rings. The zero-order valence-corrected chi connectivity index (χ0v) is 17.8. The van der Waals surface area contributed by atoms with Gasteiger partial charge >= 0.3 is 5.97 Å². The second-order valence-electron chi connectivity index (χ2n) is 7.84. The number of carboxylic acid groups (broad SMARTS) is 1. The number of carboxylic acids is 1. The second kappa shape index (κ2) is 11.5. The third kappa shape index (κ3) is 7.33. The molecule has 0 saturated carbocycles. The molecule has 3 rings (SSSR count). The van der Waals surface area contributed by atoms with Crippen molar-refractivity contribution in [2.75, 3.05) is 31.6 Å². The molecule has 1 saturated heterocycles. The first kappa shape index (κ1) is 22.1. The Hall–Kier alpha value is -2.61. The van der Waals surface area contributed by atoms with Crippen LogP contribution < -0.4 is 10.1 Å². The summed E-state index contributed by atoms with van der Waals surface area (Å²) in [5.41, 5.74) is 1.31. The number of nitrogens with one attached hydrogen (secondary N) is 1. The lowest BCUT2D eigenvalue weighted by molar-refractivity contribution is -0.137. The highest BCUT2D eigenvalue weighted by atomic mass is 16.5. The number of aliphatic carboxylic acids is 1. The highest BCUT2D eigenvalue weighted by Crippen LogP contribution is 2.18. The van der Waals surface area contributed by atoms with Crippen LogP contribution in [-0.4, -0.2) is 57.0 Å². The number of anilines is 1. The van der Waals surface area contributed by atoms with Gasteiger partial charge in [0.25, 0.3) is 0 Å². The monoisotopic (exact) mass is 415 g/mol. The van der Waals surface area contributed by atoms with E-state index in [9.17, 15) is 4.79 Å². The molecule has 8 heteroatoms. The first-order valence-corrected chi connectivity index (χ1v) is 10.9. The van der Waals surface area contributed by atoms with Crippen molar-refractivity contribution in [2.45, 2.75) is 51.5 Å². The van der Waals surface area contributed by atoms with Crippen LogP contribution in [0.4, 0.5) is 5.95 Å². The summed E-state index contributed by atoms with van der Waals surface area (Å²) in [6.45, 7) is 4.75. The van der Waals surface area contributed by atoms with Crippen LogP contribution in [0, 0.1) is 0 Å². The molecule has 1 aromatic carbocycles. The van der Waals surface area contributed by atoms with E-state index in [0.717, 1.165) is 25.3 Å². The topological polar surface area (TPSA) is 92.5 Å². The molecule has 0 spiro atoms. The molecule has 2 N–H and O–H groups in total. The number of hydrogen-bond acceptors (Lipinski definition) is 6. The minimum Gasteiger partial charge on any atom is -0.494 e. The first-order valence-electron chi connectivity index (χ1n) is 10.9. The van der Waals surface area contributed by atoms with E-state index in [0.29, 0.717) is 31.2 Å². The van der Waals surface area contributed by atoms with Crippen molar-refractivity contribution in [1.29, 1.82) is 0 Å². The Kier molecular flexibility index (Phi) is 8.50. The summed E-state index contributed by atoms with van der Waals surface area (Å²) in [5, 5.41) is 16.3. The Morgan fingerprint density at radius 3 is 2.87 bits per heavy atom. The van der Waals surface area contributed by atoms with Gasteiger partial charge in [-0.05, 0) is 56.5 Å². The Bertz CT molecular complexity index is 802. The largest absolute Gasteiger partial charge is 0.494 e. The molecule has 2 aromatic rings. The average Bonchev–Trinajstić information content (AvgIpc) is 3.08. The maximum absolute atomic E-state index is 10.6. The maximum Gasteiger partial charge on any atom is 0.303 e. The van der Waals surface area contributed by atoms with E-state index < -0.39 is 5.97 Å². The number of ether oxygens (including phenoxy) is 1. The number of aryl methyl sites for hydroxylation is 2. The summed E-state index contributed by atoms with van der Waals surface area (Å²) in [6, 6.07) is 8.40. The van der Waals surface area contributed by atoms with Crippen LogP contribution in [-0.2, 0) is 24.8 Å². The van der Waals surface area contributed by atoms with Crippen LogP contribution in [0.25, 0.3) is 0 Å². The van der Waals surface area contributed by atoms with Gasteiger partial charge in [0.2, 0.25) is 5.95 Å². The minimum atomic E-state index is -0.790. The van der Waals surface area contributed by atoms with Gasteiger partial charge < -0.3 is 15.2 Å². The van der Waals surface area contributed by atoms with Crippen molar-refractivity contribution >= 4 is 11.9 Å². The molecule has 164 valence electrons. The van der Waals surface area contributed by atoms with Crippen molar-refractivity contribution in [3.05, 3.63) is 35.7 Å². The van der Waals surface area contributed by atoms with Crippen molar-refractivity contribution in [1.82, 2.24) is 19.7 Å². The van der Waals surface area contributed by atoms with Gasteiger partial charge in [-0.3, -0.25) is 9.69 Å². The van der Waals surface area contributed by atoms with Crippen molar-refractivity contribution in [2.24, 2.45) is 7.05 Å². The van der Waals surface area contributed by atoms with E-state index in [1.807, 2.05) is 13.1 Å². The molecule has 1 aliphatic heterocycles. The number of carbonyl (C=O) groups is 1. The molecular formula is C22H33N5O3. The normalized spacial score (nSPS) is 14.6. The molecule has 0 aliphatic carbocycles. The van der Waals surface area contributed by atoms with E-state index in [1.54, 1.807) is 4.68 Å². The summed E-state index contributed by atoms with van der Waals surface area (Å²) < 4.78 is 7.62. The smallest absolute Gasteiger partial charge is 0.303 e. The van der Waals surface area contributed by atoms with E-state index in [1.165, 1.54) is 37.9 Å². The summed E-state index contributed by atoms with van der Waals surface area (Å²) in [7, 11) is 1.83. The predicted octanol–water partition coefficient (Wildman–Crippen LogP) is 3.09. The molecule has 0 radical (unpaired) electrons. The number of benzene rings is 1. The quantitative estimate of drug-likeness (QED) is 0.515. The number of piperidine rings is 1. The van der Waals surface area contributed by atoms with Crippen LogP contribution >= 0.6 is 0 Å². The molecule has 8 nitrogen and oxygen atoms in total. The van der Waals surface area contributed by atoms with Crippen molar-refractivity contribution < 1.29 is 14.6 Å². The summed E-state index contributed by atoms with van der Waals surface area (Å²) in [6.07, 6.45) is 6.06. The van der Waals surface area contributed by atoms with E-state index >= 15 is 0 Å². The van der Waals surface area contributed by atoms with Crippen molar-refractivity contribution in [3.8, 4) is 5.75 Å². The number of hydrogen-bond donors (Lipinski definition) is 2. The van der Waals surface area contributed by atoms with Crippen LogP contribution in [0.15, 0.2) is 24.3 Å². The Balaban J connectivity index is 1.35. The molecule has 0 unspecified atom stereocenters. The summed E-state index contributed by atoms with van der Waals surface area (Å²) >= 11 is 0. The Labute approximate surface area is 178 Å². The van der Waals surface area contributed by atoms with Gasteiger partial charge in [0.05, 0.1) is 6.61 Å². The van der Waals surface area contributed by atoms with Crippen LogP contribution in [0.1, 0.15) is 49.9 Å². The summed E-state index contributed by atoms with van der Waals surface area (Å²) in [4.78, 5) is 17.6. The van der Waals surface area contributed by atoms with Crippen molar-refractivity contribution in [3.63, 3.8) is 0 Å². The van der Waals surface area contributed by atoms with Gasteiger partial charge in [-0.2, -0.15) is 10.1 Å². The Morgan fingerprint density at radius 1 is 1.23 bits per heavy atom. The lowest BCUT2D eigenvalue weighted by Gasteiger charge is -2.26. The summed E-state index contributed by atoms with van der Waals surface area (Å²) in [5.74, 6) is 1.50. The Morgan fingerprint density at radius 2 is 2.07 bits per heavy atom. The first-order chi connectivity index (χ1) is 14.6. The molecule has 30 heavy (non-hydrogen) atoms. The number of rotatable bonds is 12. The van der Waals surface area contributed by atoms with Gasteiger partial charge in [-0.1, -0.05) is 18.6 Å². The number of nitrogens with zero attached hydrogens (tertiary/aromatic N) is 4. The third-order valence-corrected chi connectivity index (χ3v) is 5.22. The standard InChI is InChI=1S/C22H33N5O3/c1-26-22(24-20(25-26)10-6-11-21(28)29)23-12-7-15-30-19-9-5-8-18(16-19)17-27-13-3-2-4-14-27/h5,8-9,16H,2-4,6-7,10-15,17H2,1H3,(H,28,29)(H,23,24,25). The zero-order valence-electron chi connectivity index (χ0n) is 17.8. The van der Waals surface area contributed by atoms with Gasteiger partial charge in [-0.25, -0.2) is 4.68 Å². The number of aromatic nitrogens is 3. The lowest BCUT2D eigenvalue weighted by Crippen LogP contribution is -2.29. The lowest BCUT2D eigenvalue weighted by atomic mass is 10.1. The fourth-order valence-electron chi connectivity index (χ4n) is 3.67. The van der Waals surface area contributed by atoms with Crippen LogP contribution in [0.2, 0.25) is 0 Å². The molecule has 0 amide bonds. The predicted molar refractivity (Wildman–Crippen MR) is 116 cm³/mol. The molecule has 0 atom stereocenters.